The number of halogens is 2. The molecular weight excluding hydrogens is 311 g/mol. The molecule has 7 heteroatoms. The standard InChI is InChI=1S/C10H12BrFN2O2S/c11-9-2-1-7(12)5-10(9)17(15,16)14-8-3-4-13-6-8/h1-2,5,8,13-14H,3-4,6H2. The molecule has 1 fully saturated rings. The third kappa shape index (κ3) is 3.04. The van der Waals surface area contributed by atoms with Crippen LogP contribution in [-0.4, -0.2) is 27.5 Å². The van der Waals surface area contributed by atoms with Crippen LogP contribution in [0.4, 0.5) is 4.39 Å². The fraction of sp³-hybridized carbons (Fsp3) is 0.400. The van der Waals surface area contributed by atoms with Crippen molar-refractivity contribution in [2.24, 2.45) is 0 Å². The molecule has 2 rings (SSSR count). The molecule has 1 aliphatic rings. The monoisotopic (exact) mass is 322 g/mol. The molecule has 1 aromatic rings. The van der Waals surface area contributed by atoms with E-state index in [-0.39, 0.29) is 10.9 Å². The van der Waals surface area contributed by atoms with Crippen LogP contribution in [0.1, 0.15) is 6.42 Å². The number of hydrogen-bond acceptors (Lipinski definition) is 3. The minimum atomic E-state index is -3.67. The Balaban J connectivity index is 2.27. The average molecular weight is 323 g/mol. The van der Waals surface area contributed by atoms with Crippen LogP contribution < -0.4 is 10.0 Å². The van der Waals surface area contributed by atoms with Gasteiger partial charge < -0.3 is 5.32 Å². The van der Waals surface area contributed by atoms with Crippen molar-refractivity contribution in [2.75, 3.05) is 13.1 Å². The molecule has 2 N–H and O–H groups in total. The summed E-state index contributed by atoms with van der Waals surface area (Å²) < 4.78 is 40.0. The molecule has 1 heterocycles. The molecule has 0 saturated carbocycles. The topological polar surface area (TPSA) is 58.2 Å². The molecule has 0 amide bonds. The van der Waals surface area contributed by atoms with Gasteiger partial charge in [0.2, 0.25) is 10.0 Å². The zero-order valence-electron chi connectivity index (χ0n) is 8.91. The molecule has 0 aliphatic carbocycles. The van der Waals surface area contributed by atoms with Gasteiger partial charge in [-0.2, -0.15) is 0 Å². The van der Waals surface area contributed by atoms with Crippen LogP contribution in [0.15, 0.2) is 27.6 Å². The van der Waals surface area contributed by atoms with Crippen LogP contribution in [0.5, 0.6) is 0 Å². The second kappa shape index (κ2) is 5.01. The van der Waals surface area contributed by atoms with E-state index in [1.807, 2.05) is 0 Å². The van der Waals surface area contributed by atoms with Crippen molar-refractivity contribution in [2.45, 2.75) is 17.4 Å². The van der Waals surface area contributed by atoms with Gasteiger partial charge in [0.1, 0.15) is 5.82 Å². The smallest absolute Gasteiger partial charge is 0.242 e. The SMILES string of the molecule is O=S(=O)(NC1CCNC1)c1cc(F)ccc1Br. The average Bonchev–Trinajstić information content (AvgIpc) is 2.73. The molecule has 1 atom stereocenters. The fourth-order valence-corrected chi connectivity index (χ4v) is 3.97. The Morgan fingerprint density at radius 1 is 1.47 bits per heavy atom. The van der Waals surface area contributed by atoms with Crippen LogP contribution in [-0.2, 0) is 10.0 Å². The lowest BCUT2D eigenvalue weighted by atomic mass is 10.3. The van der Waals surface area contributed by atoms with Crippen LogP contribution in [0.25, 0.3) is 0 Å². The summed E-state index contributed by atoms with van der Waals surface area (Å²) in [5.74, 6) is -0.571. The van der Waals surface area contributed by atoms with E-state index in [4.69, 9.17) is 0 Å². The first-order valence-electron chi connectivity index (χ1n) is 5.17. The predicted molar refractivity (Wildman–Crippen MR) is 65.7 cm³/mol. The molecule has 0 bridgehead atoms. The van der Waals surface area contributed by atoms with Crippen molar-refractivity contribution >= 4 is 26.0 Å². The van der Waals surface area contributed by atoms with Crippen molar-refractivity contribution < 1.29 is 12.8 Å². The van der Waals surface area contributed by atoms with Gasteiger partial charge in [0.15, 0.2) is 0 Å². The Labute approximate surface area is 108 Å². The van der Waals surface area contributed by atoms with E-state index in [0.717, 1.165) is 19.0 Å². The maximum atomic E-state index is 13.1. The van der Waals surface area contributed by atoms with Gasteiger partial charge in [-0.25, -0.2) is 17.5 Å². The molecule has 94 valence electrons. The second-order valence-electron chi connectivity index (χ2n) is 3.89. The second-order valence-corrected chi connectivity index (χ2v) is 6.42. The molecule has 1 unspecified atom stereocenters. The lowest BCUT2D eigenvalue weighted by Crippen LogP contribution is -2.36. The van der Waals surface area contributed by atoms with Crippen molar-refractivity contribution in [1.29, 1.82) is 0 Å². The highest BCUT2D eigenvalue weighted by Gasteiger charge is 2.24. The number of nitrogens with one attached hydrogen (secondary N) is 2. The fourth-order valence-electron chi connectivity index (χ4n) is 1.72. The molecule has 1 saturated heterocycles. The summed E-state index contributed by atoms with van der Waals surface area (Å²) in [6.45, 7) is 1.39. The van der Waals surface area contributed by atoms with E-state index in [2.05, 4.69) is 26.0 Å². The van der Waals surface area contributed by atoms with Gasteiger partial charge >= 0.3 is 0 Å². The largest absolute Gasteiger partial charge is 0.315 e. The van der Waals surface area contributed by atoms with E-state index in [9.17, 15) is 12.8 Å². The first-order chi connectivity index (χ1) is 7.99. The summed E-state index contributed by atoms with van der Waals surface area (Å²) in [4.78, 5) is -0.0654. The summed E-state index contributed by atoms with van der Waals surface area (Å²) in [6.07, 6.45) is 0.742. The molecular formula is C10H12BrFN2O2S. The molecule has 1 aliphatic heterocycles. The van der Waals surface area contributed by atoms with Gasteiger partial charge in [-0.1, -0.05) is 0 Å². The summed E-state index contributed by atoms with van der Waals surface area (Å²) >= 11 is 3.11. The van der Waals surface area contributed by atoms with Crippen molar-refractivity contribution in [3.05, 3.63) is 28.5 Å². The van der Waals surface area contributed by atoms with E-state index in [1.54, 1.807) is 0 Å². The minimum Gasteiger partial charge on any atom is -0.315 e. The molecule has 0 aromatic heterocycles. The Hall–Kier alpha value is -0.500. The first kappa shape index (κ1) is 12.9. The lowest BCUT2D eigenvalue weighted by Gasteiger charge is -2.13. The molecule has 4 nitrogen and oxygen atoms in total. The predicted octanol–water partition coefficient (Wildman–Crippen LogP) is 1.23. The third-order valence-electron chi connectivity index (χ3n) is 2.56. The Kier molecular flexibility index (Phi) is 3.82. The van der Waals surface area contributed by atoms with Gasteiger partial charge in [0, 0.05) is 17.1 Å². The van der Waals surface area contributed by atoms with E-state index in [1.165, 1.54) is 12.1 Å². The maximum Gasteiger partial charge on any atom is 0.242 e. The third-order valence-corrected chi connectivity index (χ3v) is 5.08. The molecule has 0 radical (unpaired) electrons. The summed E-state index contributed by atoms with van der Waals surface area (Å²) in [5, 5.41) is 3.06. The highest BCUT2D eigenvalue weighted by atomic mass is 79.9. The first-order valence-corrected chi connectivity index (χ1v) is 7.45. The van der Waals surface area contributed by atoms with E-state index in [0.29, 0.717) is 11.0 Å². The van der Waals surface area contributed by atoms with Crippen molar-refractivity contribution in [1.82, 2.24) is 10.0 Å². The van der Waals surface area contributed by atoms with Gasteiger partial charge in [0.25, 0.3) is 0 Å². The van der Waals surface area contributed by atoms with Crippen molar-refractivity contribution in [3.63, 3.8) is 0 Å². The maximum absolute atomic E-state index is 13.1. The zero-order chi connectivity index (χ0) is 12.5. The normalized spacial score (nSPS) is 20.7. The molecule has 1 aromatic carbocycles. The quantitative estimate of drug-likeness (QED) is 0.880. The Bertz CT molecular complexity index is 515. The van der Waals surface area contributed by atoms with E-state index >= 15 is 0 Å². The Morgan fingerprint density at radius 2 is 2.24 bits per heavy atom. The van der Waals surface area contributed by atoms with E-state index < -0.39 is 15.8 Å². The van der Waals surface area contributed by atoms with Crippen LogP contribution in [0, 0.1) is 5.82 Å². The van der Waals surface area contributed by atoms with Crippen molar-refractivity contribution in [3.8, 4) is 0 Å². The zero-order valence-corrected chi connectivity index (χ0v) is 11.3. The number of benzene rings is 1. The summed E-state index contributed by atoms with van der Waals surface area (Å²) in [6, 6.07) is 3.47. The highest BCUT2D eigenvalue weighted by Crippen LogP contribution is 2.23. The molecule has 17 heavy (non-hydrogen) atoms. The lowest BCUT2D eigenvalue weighted by molar-refractivity contribution is 0.557. The highest BCUT2D eigenvalue weighted by molar-refractivity contribution is 9.10. The molecule has 0 spiro atoms. The van der Waals surface area contributed by atoms with Gasteiger partial charge in [-0.05, 0) is 47.1 Å². The van der Waals surface area contributed by atoms with Crippen LogP contribution in [0.3, 0.4) is 0 Å². The van der Waals surface area contributed by atoms with Crippen LogP contribution >= 0.6 is 15.9 Å². The summed E-state index contributed by atoms with van der Waals surface area (Å²) in [7, 11) is -3.67. The number of hydrogen-bond donors (Lipinski definition) is 2. The number of rotatable bonds is 3. The minimum absolute atomic E-state index is 0.0654. The van der Waals surface area contributed by atoms with Gasteiger partial charge in [-0.3, -0.25) is 0 Å². The number of sulfonamides is 1. The van der Waals surface area contributed by atoms with Gasteiger partial charge in [0.05, 0.1) is 4.90 Å². The van der Waals surface area contributed by atoms with Crippen LogP contribution in [0.2, 0.25) is 0 Å². The van der Waals surface area contributed by atoms with Gasteiger partial charge in [-0.15, -0.1) is 0 Å². The summed E-state index contributed by atoms with van der Waals surface area (Å²) in [5.41, 5.74) is 0. The Morgan fingerprint density at radius 3 is 2.88 bits per heavy atom.